The molecule has 0 bridgehead atoms. The molecule has 0 aliphatic carbocycles. The summed E-state index contributed by atoms with van der Waals surface area (Å²) in [6.45, 7) is 11.0. The smallest absolute Gasteiger partial charge is 0.142 e. The van der Waals surface area contributed by atoms with Gasteiger partial charge in [-0.3, -0.25) is 0 Å². The molecule has 0 aliphatic rings. The summed E-state index contributed by atoms with van der Waals surface area (Å²) in [7, 11) is 4.51. The number of rotatable bonds is 13. The summed E-state index contributed by atoms with van der Waals surface area (Å²) in [5.74, 6) is 2.67. The maximum Gasteiger partial charge on any atom is 0.142 e. The molecule has 168 valence electrons. The summed E-state index contributed by atoms with van der Waals surface area (Å²) < 4.78 is 17.9. The number of likely N-dealkylation sites (N-methyl/N-ethyl adjacent to an activating group) is 1. The van der Waals surface area contributed by atoms with Gasteiger partial charge in [0.05, 0.1) is 52.7 Å². The molecule has 0 fully saturated rings. The average Bonchev–Trinajstić information content (AvgIpc) is 2.69. The maximum absolute atomic E-state index is 5.75. The molecule has 0 heterocycles. The van der Waals surface area contributed by atoms with E-state index in [4.69, 9.17) is 14.2 Å². The highest BCUT2D eigenvalue weighted by molar-refractivity contribution is 5.59. The van der Waals surface area contributed by atoms with Crippen LogP contribution in [-0.4, -0.2) is 51.5 Å². The zero-order valence-electron chi connectivity index (χ0n) is 19.0. The lowest BCUT2D eigenvalue weighted by atomic mass is 10.2. The quantitative estimate of drug-likeness (QED) is 0.487. The van der Waals surface area contributed by atoms with Crippen LogP contribution in [-0.2, 0) is 6.54 Å². The SMILES string of the molecule is CCCOc1ccc(C[N+](C)(C)CCNc2cc(OCC)ccc2OCC)cc1.[Cl-]. The molecule has 0 unspecified atom stereocenters. The van der Waals surface area contributed by atoms with Gasteiger partial charge < -0.3 is 36.4 Å². The van der Waals surface area contributed by atoms with E-state index in [-0.39, 0.29) is 12.4 Å². The molecular weight excluding hydrogens is 400 g/mol. The number of hydrogen-bond acceptors (Lipinski definition) is 4. The lowest BCUT2D eigenvalue weighted by molar-refractivity contribution is -0.902. The second-order valence-electron chi connectivity index (χ2n) is 7.76. The lowest BCUT2D eigenvalue weighted by Gasteiger charge is -2.30. The number of benzene rings is 2. The Kier molecular flexibility index (Phi) is 11.4. The molecule has 2 aromatic rings. The van der Waals surface area contributed by atoms with Crippen molar-refractivity contribution >= 4 is 5.69 Å². The molecule has 0 radical (unpaired) electrons. The summed E-state index contributed by atoms with van der Waals surface area (Å²) >= 11 is 0. The maximum atomic E-state index is 5.75. The van der Waals surface area contributed by atoms with Crippen LogP contribution in [0.3, 0.4) is 0 Å². The Hall–Kier alpha value is -2.11. The van der Waals surface area contributed by atoms with Crippen molar-refractivity contribution < 1.29 is 31.1 Å². The molecule has 5 nitrogen and oxygen atoms in total. The predicted octanol–water partition coefficient (Wildman–Crippen LogP) is 1.97. The fourth-order valence-corrected chi connectivity index (χ4v) is 3.16. The summed E-state index contributed by atoms with van der Waals surface area (Å²) in [6.07, 6.45) is 1.02. The highest BCUT2D eigenvalue weighted by Crippen LogP contribution is 2.29. The van der Waals surface area contributed by atoms with Gasteiger partial charge in [-0.25, -0.2) is 0 Å². The van der Waals surface area contributed by atoms with Crippen LogP contribution < -0.4 is 31.9 Å². The topological polar surface area (TPSA) is 39.7 Å². The number of ether oxygens (including phenoxy) is 3. The molecule has 0 atom stereocenters. The van der Waals surface area contributed by atoms with Crippen LogP contribution in [0.4, 0.5) is 5.69 Å². The number of nitrogens with one attached hydrogen (secondary N) is 1. The van der Waals surface area contributed by atoms with Crippen molar-refractivity contribution in [3.8, 4) is 17.2 Å². The second kappa shape index (κ2) is 13.2. The molecule has 0 spiro atoms. The van der Waals surface area contributed by atoms with Crippen molar-refractivity contribution in [2.45, 2.75) is 33.7 Å². The monoisotopic (exact) mass is 436 g/mol. The third kappa shape index (κ3) is 8.72. The summed E-state index contributed by atoms with van der Waals surface area (Å²) in [5.41, 5.74) is 2.29. The van der Waals surface area contributed by atoms with Gasteiger partial charge >= 0.3 is 0 Å². The van der Waals surface area contributed by atoms with Crippen LogP contribution in [0.1, 0.15) is 32.8 Å². The Morgan fingerprint density at radius 2 is 1.50 bits per heavy atom. The summed E-state index contributed by atoms with van der Waals surface area (Å²) in [4.78, 5) is 0. The van der Waals surface area contributed by atoms with E-state index < -0.39 is 0 Å². The Morgan fingerprint density at radius 1 is 0.833 bits per heavy atom. The van der Waals surface area contributed by atoms with Crippen molar-refractivity contribution in [2.24, 2.45) is 0 Å². The average molecular weight is 437 g/mol. The van der Waals surface area contributed by atoms with E-state index in [1.807, 2.05) is 32.0 Å². The predicted molar refractivity (Wildman–Crippen MR) is 120 cm³/mol. The molecule has 0 aromatic heterocycles. The molecule has 0 amide bonds. The number of hydrogen-bond donors (Lipinski definition) is 1. The van der Waals surface area contributed by atoms with E-state index in [0.29, 0.717) is 13.2 Å². The standard InChI is InChI=1S/C24H37N2O3.ClH/c1-6-17-29-21-11-9-20(10-12-21)19-26(4,5)16-15-25-23-18-22(27-7-2)13-14-24(23)28-8-3;/h9-14,18,25H,6-8,15-17,19H2,1-5H3;1H/q+1;/p-1. The minimum absolute atomic E-state index is 0. The van der Waals surface area contributed by atoms with Gasteiger partial charge in [0.2, 0.25) is 0 Å². The lowest BCUT2D eigenvalue weighted by Crippen LogP contribution is -3.00. The molecule has 0 saturated heterocycles. The van der Waals surface area contributed by atoms with Gasteiger partial charge in [0.25, 0.3) is 0 Å². The Morgan fingerprint density at radius 3 is 2.13 bits per heavy atom. The van der Waals surface area contributed by atoms with Gasteiger partial charge in [0.1, 0.15) is 23.8 Å². The molecule has 2 aromatic carbocycles. The van der Waals surface area contributed by atoms with Crippen molar-refractivity contribution in [2.75, 3.05) is 52.3 Å². The third-order valence-corrected chi connectivity index (χ3v) is 4.60. The molecule has 2 rings (SSSR count). The minimum Gasteiger partial charge on any atom is -1.00 e. The molecule has 0 aliphatic heterocycles. The van der Waals surface area contributed by atoms with Crippen molar-refractivity contribution in [1.29, 1.82) is 0 Å². The molecular formula is C24H37ClN2O3. The van der Waals surface area contributed by atoms with Gasteiger partial charge in [-0.05, 0) is 56.7 Å². The van der Waals surface area contributed by atoms with Crippen molar-refractivity contribution in [1.82, 2.24) is 0 Å². The van der Waals surface area contributed by atoms with E-state index in [1.165, 1.54) is 5.56 Å². The van der Waals surface area contributed by atoms with E-state index in [2.05, 4.69) is 50.6 Å². The Bertz CT molecular complexity index is 736. The van der Waals surface area contributed by atoms with Gasteiger partial charge in [0, 0.05) is 11.6 Å². The fourth-order valence-electron chi connectivity index (χ4n) is 3.16. The van der Waals surface area contributed by atoms with E-state index in [9.17, 15) is 0 Å². The fraction of sp³-hybridized carbons (Fsp3) is 0.500. The largest absolute Gasteiger partial charge is 1.00 e. The van der Waals surface area contributed by atoms with E-state index in [1.54, 1.807) is 0 Å². The van der Waals surface area contributed by atoms with Crippen LogP contribution in [0, 0.1) is 0 Å². The first kappa shape index (κ1) is 25.9. The zero-order chi connectivity index (χ0) is 21.1. The first-order valence-corrected chi connectivity index (χ1v) is 10.6. The van der Waals surface area contributed by atoms with Crippen molar-refractivity contribution in [3.63, 3.8) is 0 Å². The molecule has 6 heteroatoms. The summed E-state index contributed by atoms with van der Waals surface area (Å²) in [5, 5.41) is 3.53. The number of anilines is 1. The first-order chi connectivity index (χ1) is 14.0. The van der Waals surface area contributed by atoms with Gasteiger partial charge in [-0.2, -0.15) is 0 Å². The van der Waals surface area contributed by atoms with Crippen LogP contribution in [0.25, 0.3) is 0 Å². The number of nitrogens with zero attached hydrogens (tertiary/aromatic N) is 1. The van der Waals surface area contributed by atoms with Gasteiger partial charge in [0.15, 0.2) is 0 Å². The first-order valence-electron chi connectivity index (χ1n) is 10.6. The second-order valence-corrected chi connectivity index (χ2v) is 7.76. The van der Waals surface area contributed by atoms with Crippen molar-refractivity contribution in [3.05, 3.63) is 48.0 Å². The zero-order valence-corrected chi connectivity index (χ0v) is 19.8. The summed E-state index contributed by atoms with van der Waals surface area (Å²) in [6, 6.07) is 14.4. The molecule has 1 N–H and O–H groups in total. The molecule has 30 heavy (non-hydrogen) atoms. The van der Waals surface area contributed by atoms with E-state index in [0.717, 1.165) is 60.1 Å². The van der Waals surface area contributed by atoms with Crippen LogP contribution in [0.2, 0.25) is 0 Å². The van der Waals surface area contributed by atoms with Gasteiger partial charge in [-0.1, -0.05) is 6.92 Å². The van der Waals surface area contributed by atoms with Crippen LogP contribution in [0.5, 0.6) is 17.2 Å². The Balaban J connectivity index is 0.00000450. The van der Waals surface area contributed by atoms with Gasteiger partial charge in [-0.15, -0.1) is 0 Å². The third-order valence-electron chi connectivity index (χ3n) is 4.60. The number of halogens is 1. The number of quaternary nitrogens is 1. The highest BCUT2D eigenvalue weighted by Gasteiger charge is 2.16. The van der Waals surface area contributed by atoms with E-state index >= 15 is 0 Å². The van der Waals surface area contributed by atoms with Crippen LogP contribution in [0.15, 0.2) is 42.5 Å². The normalized spacial score (nSPS) is 10.8. The highest BCUT2D eigenvalue weighted by atomic mass is 35.5. The molecule has 0 saturated carbocycles. The Labute approximate surface area is 188 Å². The minimum atomic E-state index is 0. The van der Waals surface area contributed by atoms with Crippen LogP contribution >= 0.6 is 0 Å².